The van der Waals surface area contributed by atoms with Crippen molar-refractivity contribution in [2.75, 3.05) is 0 Å². The van der Waals surface area contributed by atoms with Crippen LogP contribution in [0.5, 0.6) is 5.75 Å². The third kappa shape index (κ3) is 3.39. The van der Waals surface area contributed by atoms with Gasteiger partial charge in [0.25, 0.3) is 0 Å². The molecule has 1 saturated carbocycles. The number of rotatable bonds is 5. The number of nitrogens with zero attached hydrogens (tertiary/aromatic N) is 1. The number of carboxylic acids is 1. The van der Waals surface area contributed by atoms with Gasteiger partial charge in [-0.2, -0.15) is 13.1 Å². The zero-order valence-electron chi connectivity index (χ0n) is 13.6. The fourth-order valence-corrected chi connectivity index (χ4v) is 5.97. The Morgan fingerprint density at radius 2 is 1.96 bits per heavy atom. The molecule has 2 fully saturated rings. The molecule has 1 aliphatic carbocycles. The predicted octanol–water partition coefficient (Wildman–Crippen LogP) is 2.83. The number of aliphatic carboxylic acids is 1. The first-order valence-electron chi connectivity index (χ1n) is 8.22. The largest absolute Gasteiger partial charge is 0.480 e. The average Bonchev–Trinajstić information content (AvgIpc) is 2.96. The Labute approximate surface area is 148 Å². The molecule has 1 N–H and O–H groups in total. The molecule has 0 radical (unpaired) electrons. The summed E-state index contributed by atoms with van der Waals surface area (Å²) < 4.78 is 70.2. The van der Waals surface area contributed by atoms with E-state index in [2.05, 4.69) is 4.74 Å². The number of carbonyl (C=O) groups is 1. The van der Waals surface area contributed by atoms with E-state index in [-0.39, 0.29) is 12.3 Å². The van der Waals surface area contributed by atoms with Crippen LogP contribution in [0, 0.1) is 11.7 Å². The molecule has 0 aromatic heterocycles. The summed E-state index contributed by atoms with van der Waals surface area (Å²) in [5.74, 6) is -3.08. The van der Waals surface area contributed by atoms with Gasteiger partial charge in [0.05, 0.1) is 0 Å². The molecule has 10 heteroatoms. The number of alkyl halides is 2. The molecule has 0 amide bonds. The highest BCUT2D eigenvalue weighted by atomic mass is 32.2. The molecule has 144 valence electrons. The molecule has 1 saturated heterocycles. The van der Waals surface area contributed by atoms with E-state index in [9.17, 15) is 31.5 Å². The Bertz CT molecular complexity index is 801. The second-order valence-corrected chi connectivity index (χ2v) is 8.32. The lowest BCUT2D eigenvalue weighted by Crippen LogP contribution is -2.46. The maximum absolute atomic E-state index is 13.6. The molecule has 1 aromatic rings. The first-order chi connectivity index (χ1) is 12.2. The number of hydrogen-bond acceptors (Lipinski definition) is 4. The average molecular weight is 393 g/mol. The van der Waals surface area contributed by atoms with Gasteiger partial charge in [0.15, 0.2) is 0 Å². The van der Waals surface area contributed by atoms with Crippen LogP contribution in [0.25, 0.3) is 0 Å². The minimum atomic E-state index is -4.55. The smallest absolute Gasteiger partial charge is 0.387 e. The number of benzene rings is 1. The summed E-state index contributed by atoms with van der Waals surface area (Å²) in [4.78, 5) is 10.8. The van der Waals surface area contributed by atoms with Crippen LogP contribution in [0.4, 0.5) is 13.2 Å². The quantitative estimate of drug-likeness (QED) is 0.832. The molecule has 1 aromatic carbocycles. The highest BCUT2D eigenvalue weighted by Gasteiger charge is 2.51. The summed E-state index contributed by atoms with van der Waals surface area (Å²) >= 11 is 0. The van der Waals surface area contributed by atoms with Crippen molar-refractivity contribution in [3.63, 3.8) is 0 Å². The van der Waals surface area contributed by atoms with Gasteiger partial charge in [-0.05, 0) is 43.4 Å². The van der Waals surface area contributed by atoms with Gasteiger partial charge in [-0.1, -0.05) is 12.8 Å². The number of fused-ring (bicyclic) bond motifs is 1. The molecular weight excluding hydrogens is 375 g/mol. The Morgan fingerprint density at radius 1 is 1.27 bits per heavy atom. The number of carboxylic acid groups (broad SMARTS) is 1. The molecule has 3 unspecified atom stereocenters. The van der Waals surface area contributed by atoms with Crippen molar-refractivity contribution < 1.29 is 36.2 Å². The summed E-state index contributed by atoms with van der Waals surface area (Å²) in [5, 5.41) is 9.48. The minimum absolute atomic E-state index is 0.118. The molecule has 2 aliphatic rings. The van der Waals surface area contributed by atoms with Crippen molar-refractivity contribution in [3.8, 4) is 5.75 Å². The second kappa shape index (κ2) is 7.07. The lowest BCUT2D eigenvalue weighted by Gasteiger charge is -2.32. The molecule has 1 aliphatic heterocycles. The van der Waals surface area contributed by atoms with Crippen molar-refractivity contribution in [3.05, 3.63) is 24.0 Å². The summed E-state index contributed by atoms with van der Waals surface area (Å²) in [7, 11) is -4.55. The second-order valence-electron chi connectivity index (χ2n) is 6.51. The number of halogens is 3. The van der Waals surface area contributed by atoms with Gasteiger partial charge in [-0.15, -0.1) is 0 Å². The van der Waals surface area contributed by atoms with Crippen LogP contribution < -0.4 is 4.74 Å². The molecule has 3 rings (SSSR count). The minimum Gasteiger partial charge on any atom is -0.480 e. The van der Waals surface area contributed by atoms with E-state index in [0.29, 0.717) is 18.9 Å². The maximum atomic E-state index is 13.6. The highest BCUT2D eigenvalue weighted by Crippen LogP contribution is 2.44. The van der Waals surface area contributed by atoms with Crippen molar-refractivity contribution in [1.29, 1.82) is 0 Å². The van der Waals surface area contributed by atoms with E-state index in [0.717, 1.165) is 29.3 Å². The van der Waals surface area contributed by atoms with E-state index >= 15 is 0 Å². The molecule has 0 spiro atoms. The van der Waals surface area contributed by atoms with Gasteiger partial charge in [-0.25, -0.2) is 12.8 Å². The van der Waals surface area contributed by atoms with Gasteiger partial charge in [0.2, 0.25) is 10.0 Å². The number of sulfonamides is 1. The Hall–Kier alpha value is -1.81. The summed E-state index contributed by atoms with van der Waals surface area (Å²) in [6.07, 6.45) is 2.95. The maximum Gasteiger partial charge on any atom is 0.387 e. The van der Waals surface area contributed by atoms with Gasteiger partial charge in [-0.3, -0.25) is 4.79 Å². The lowest BCUT2D eigenvalue weighted by atomic mass is 9.85. The summed E-state index contributed by atoms with van der Waals surface area (Å²) in [6, 6.07) is 0.341. The van der Waals surface area contributed by atoms with Crippen molar-refractivity contribution >= 4 is 16.0 Å². The monoisotopic (exact) mass is 393 g/mol. The van der Waals surface area contributed by atoms with Crippen molar-refractivity contribution in [2.45, 2.75) is 55.7 Å². The summed E-state index contributed by atoms with van der Waals surface area (Å²) in [6.45, 7) is -3.30. The van der Waals surface area contributed by atoms with Crippen LogP contribution >= 0.6 is 0 Å². The Morgan fingerprint density at radius 3 is 2.62 bits per heavy atom. The third-order valence-electron chi connectivity index (χ3n) is 4.99. The first kappa shape index (κ1) is 19.0. The van der Waals surface area contributed by atoms with E-state index in [4.69, 9.17) is 0 Å². The predicted molar refractivity (Wildman–Crippen MR) is 83.8 cm³/mol. The molecule has 1 heterocycles. The Balaban J connectivity index is 2.08. The van der Waals surface area contributed by atoms with Gasteiger partial charge in [0.1, 0.15) is 22.5 Å². The molecular formula is C16H18F3NO5S. The fraction of sp³-hybridized carbons (Fsp3) is 0.562. The zero-order chi connectivity index (χ0) is 19.1. The lowest BCUT2D eigenvalue weighted by molar-refractivity contribution is -0.141. The SMILES string of the molecule is O=C(O)C1CC2CCCCC2N1S(=O)(=O)c1cc(F)ccc1OC(F)F. The third-order valence-corrected chi connectivity index (χ3v) is 6.95. The zero-order valence-corrected chi connectivity index (χ0v) is 14.5. The molecule has 26 heavy (non-hydrogen) atoms. The van der Waals surface area contributed by atoms with Gasteiger partial charge >= 0.3 is 12.6 Å². The molecule has 0 bridgehead atoms. The van der Waals surface area contributed by atoms with Crippen LogP contribution in [0.1, 0.15) is 32.1 Å². The van der Waals surface area contributed by atoms with E-state index in [1.165, 1.54) is 0 Å². The van der Waals surface area contributed by atoms with Crippen LogP contribution in [-0.2, 0) is 14.8 Å². The van der Waals surface area contributed by atoms with E-state index in [1.54, 1.807) is 0 Å². The van der Waals surface area contributed by atoms with Crippen LogP contribution in [0.15, 0.2) is 23.1 Å². The van der Waals surface area contributed by atoms with Crippen molar-refractivity contribution in [1.82, 2.24) is 4.31 Å². The van der Waals surface area contributed by atoms with Gasteiger partial charge in [0, 0.05) is 6.04 Å². The van der Waals surface area contributed by atoms with Crippen molar-refractivity contribution in [2.24, 2.45) is 5.92 Å². The van der Waals surface area contributed by atoms with Crippen LogP contribution in [0.2, 0.25) is 0 Å². The standard InChI is InChI=1S/C16H18F3NO5S/c17-10-5-6-13(25-16(18)19)14(8-10)26(23,24)20-11-4-2-1-3-9(11)7-12(20)15(21)22/h5-6,8-9,11-12,16H,1-4,7H2,(H,21,22). The first-order valence-corrected chi connectivity index (χ1v) is 9.66. The van der Waals surface area contributed by atoms with E-state index < -0.39 is 51.1 Å². The summed E-state index contributed by atoms with van der Waals surface area (Å²) in [5.41, 5.74) is 0. The van der Waals surface area contributed by atoms with Crippen LogP contribution in [0.3, 0.4) is 0 Å². The number of hydrogen-bond donors (Lipinski definition) is 1. The normalized spacial score (nSPS) is 26.7. The molecule has 6 nitrogen and oxygen atoms in total. The van der Waals surface area contributed by atoms with E-state index in [1.807, 2.05) is 0 Å². The molecule has 3 atom stereocenters. The Kier molecular flexibility index (Phi) is 5.16. The van der Waals surface area contributed by atoms with Gasteiger partial charge < -0.3 is 9.84 Å². The number of ether oxygens (including phenoxy) is 1. The highest BCUT2D eigenvalue weighted by molar-refractivity contribution is 7.89. The fourth-order valence-electron chi connectivity index (χ4n) is 3.97. The van der Waals surface area contributed by atoms with Crippen LogP contribution in [-0.4, -0.2) is 42.5 Å². The topological polar surface area (TPSA) is 83.9 Å².